The standard InChI is InChI=1S/C20H22BrNO/c1-14-5-7-15(8-6-14)9-12-19(23)22-18-11-10-16(13-17(18)21)20(2,3)4/h5-13H,1-4H3,(H,22,23)/b12-9+. The van der Waals surface area contributed by atoms with Gasteiger partial charge in [-0.15, -0.1) is 0 Å². The highest BCUT2D eigenvalue weighted by Gasteiger charge is 2.15. The Kier molecular flexibility index (Phi) is 5.42. The summed E-state index contributed by atoms with van der Waals surface area (Å²) in [6.07, 6.45) is 3.36. The van der Waals surface area contributed by atoms with Gasteiger partial charge in [0.2, 0.25) is 5.91 Å². The molecule has 0 spiro atoms. The van der Waals surface area contributed by atoms with E-state index in [1.165, 1.54) is 11.1 Å². The fourth-order valence-corrected chi connectivity index (χ4v) is 2.58. The van der Waals surface area contributed by atoms with E-state index in [0.29, 0.717) is 0 Å². The number of hydrogen-bond acceptors (Lipinski definition) is 1. The molecule has 0 aliphatic carbocycles. The Bertz CT molecular complexity index is 724. The van der Waals surface area contributed by atoms with E-state index in [1.807, 2.05) is 49.4 Å². The van der Waals surface area contributed by atoms with Crippen LogP contribution >= 0.6 is 15.9 Å². The van der Waals surface area contributed by atoms with E-state index in [1.54, 1.807) is 6.08 Å². The van der Waals surface area contributed by atoms with E-state index in [-0.39, 0.29) is 11.3 Å². The average Bonchev–Trinajstić information content (AvgIpc) is 2.48. The largest absolute Gasteiger partial charge is 0.321 e. The van der Waals surface area contributed by atoms with E-state index in [9.17, 15) is 4.79 Å². The third-order valence-electron chi connectivity index (χ3n) is 3.60. The zero-order valence-electron chi connectivity index (χ0n) is 14.0. The summed E-state index contributed by atoms with van der Waals surface area (Å²) in [7, 11) is 0. The Labute approximate surface area is 146 Å². The number of nitrogens with one attached hydrogen (secondary N) is 1. The molecule has 0 atom stereocenters. The van der Waals surface area contributed by atoms with Crippen LogP contribution in [0.1, 0.15) is 37.5 Å². The van der Waals surface area contributed by atoms with Gasteiger partial charge in [0, 0.05) is 10.5 Å². The number of aryl methyl sites for hydroxylation is 1. The van der Waals surface area contributed by atoms with Crippen LogP contribution in [0, 0.1) is 6.92 Å². The zero-order chi connectivity index (χ0) is 17.0. The van der Waals surface area contributed by atoms with Gasteiger partial charge in [-0.05, 0) is 57.6 Å². The van der Waals surface area contributed by atoms with Crippen molar-refractivity contribution in [2.45, 2.75) is 33.1 Å². The van der Waals surface area contributed by atoms with Gasteiger partial charge in [0.25, 0.3) is 0 Å². The number of rotatable bonds is 3. The van der Waals surface area contributed by atoms with E-state index in [2.05, 4.69) is 48.1 Å². The SMILES string of the molecule is Cc1ccc(/C=C/C(=O)Nc2ccc(C(C)(C)C)cc2Br)cc1. The lowest BCUT2D eigenvalue weighted by atomic mass is 9.87. The summed E-state index contributed by atoms with van der Waals surface area (Å²) >= 11 is 3.53. The Morgan fingerprint density at radius 2 is 1.74 bits per heavy atom. The van der Waals surface area contributed by atoms with E-state index in [4.69, 9.17) is 0 Å². The van der Waals surface area contributed by atoms with Crippen molar-refractivity contribution in [1.29, 1.82) is 0 Å². The van der Waals surface area contributed by atoms with Crippen molar-refractivity contribution < 1.29 is 4.79 Å². The molecule has 0 heterocycles. The van der Waals surface area contributed by atoms with Crippen LogP contribution in [0.25, 0.3) is 6.08 Å². The lowest BCUT2D eigenvalue weighted by molar-refractivity contribution is -0.111. The van der Waals surface area contributed by atoms with Gasteiger partial charge < -0.3 is 5.32 Å². The van der Waals surface area contributed by atoms with Crippen molar-refractivity contribution in [3.63, 3.8) is 0 Å². The zero-order valence-corrected chi connectivity index (χ0v) is 15.6. The molecule has 0 saturated heterocycles. The third kappa shape index (κ3) is 5.07. The minimum atomic E-state index is -0.144. The molecule has 0 aromatic heterocycles. The van der Waals surface area contributed by atoms with Crippen LogP contribution in [0.3, 0.4) is 0 Å². The van der Waals surface area contributed by atoms with E-state index < -0.39 is 0 Å². The normalized spacial score (nSPS) is 11.7. The summed E-state index contributed by atoms with van der Waals surface area (Å²) in [6.45, 7) is 8.53. The first-order valence-electron chi connectivity index (χ1n) is 7.61. The number of hydrogen-bond donors (Lipinski definition) is 1. The highest BCUT2D eigenvalue weighted by molar-refractivity contribution is 9.10. The topological polar surface area (TPSA) is 29.1 Å². The number of amides is 1. The highest BCUT2D eigenvalue weighted by Crippen LogP contribution is 2.30. The Hall–Kier alpha value is -1.87. The molecule has 0 bridgehead atoms. The molecule has 0 aliphatic rings. The molecule has 2 aromatic carbocycles. The van der Waals surface area contributed by atoms with Crippen LogP contribution in [0.15, 0.2) is 53.0 Å². The third-order valence-corrected chi connectivity index (χ3v) is 4.25. The summed E-state index contributed by atoms with van der Waals surface area (Å²) in [5.41, 5.74) is 4.28. The van der Waals surface area contributed by atoms with Crippen LogP contribution in [0.2, 0.25) is 0 Å². The number of halogens is 1. The maximum atomic E-state index is 12.1. The van der Waals surface area contributed by atoms with Crippen LogP contribution < -0.4 is 5.32 Å². The quantitative estimate of drug-likeness (QED) is 0.688. The van der Waals surface area contributed by atoms with Gasteiger partial charge >= 0.3 is 0 Å². The fraction of sp³-hybridized carbons (Fsp3) is 0.250. The summed E-state index contributed by atoms with van der Waals surface area (Å²) in [5, 5.41) is 2.90. The molecule has 2 aromatic rings. The number of benzene rings is 2. The van der Waals surface area contributed by atoms with E-state index in [0.717, 1.165) is 15.7 Å². The van der Waals surface area contributed by atoms with Crippen LogP contribution in [-0.2, 0) is 10.2 Å². The van der Waals surface area contributed by atoms with E-state index >= 15 is 0 Å². The van der Waals surface area contributed by atoms with Crippen molar-refractivity contribution in [2.75, 3.05) is 5.32 Å². The fourth-order valence-electron chi connectivity index (χ4n) is 2.11. The molecule has 2 rings (SSSR count). The van der Waals surface area contributed by atoms with Gasteiger partial charge in [-0.2, -0.15) is 0 Å². The van der Waals surface area contributed by atoms with Gasteiger partial charge in [0.05, 0.1) is 5.69 Å². The monoisotopic (exact) mass is 371 g/mol. The van der Waals surface area contributed by atoms with Gasteiger partial charge in [-0.1, -0.05) is 56.7 Å². The van der Waals surface area contributed by atoms with Gasteiger partial charge in [0.1, 0.15) is 0 Å². The van der Waals surface area contributed by atoms with Gasteiger partial charge in [0.15, 0.2) is 0 Å². The van der Waals surface area contributed by atoms with Crippen LogP contribution in [0.4, 0.5) is 5.69 Å². The Morgan fingerprint density at radius 3 is 2.30 bits per heavy atom. The van der Waals surface area contributed by atoms with Gasteiger partial charge in [-0.3, -0.25) is 4.79 Å². The van der Waals surface area contributed by atoms with Crippen molar-refractivity contribution in [3.05, 3.63) is 69.7 Å². The van der Waals surface area contributed by atoms with Crippen molar-refractivity contribution >= 4 is 33.6 Å². The lowest BCUT2D eigenvalue weighted by Crippen LogP contribution is -2.12. The maximum Gasteiger partial charge on any atom is 0.248 e. The molecular weight excluding hydrogens is 350 g/mol. The lowest BCUT2D eigenvalue weighted by Gasteiger charge is -2.20. The number of carbonyl (C=O) groups is 1. The molecule has 3 heteroatoms. The molecule has 2 nitrogen and oxygen atoms in total. The first-order valence-corrected chi connectivity index (χ1v) is 8.41. The predicted molar refractivity (Wildman–Crippen MR) is 102 cm³/mol. The second-order valence-corrected chi connectivity index (χ2v) is 7.53. The van der Waals surface area contributed by atoms with Crippen molar-refractivity contribution in [2.24, 2.45) is 0 Å². The summed E-state index contributed by atoms with van der Waals surface area (Å²) in [4.78, 5) is 12.1. The molecule has 0 saturated carbocycles. The predicted octanol–water partition coefficient (Wildman–Crippen LogP) is 5.71. The average molecular weight is 372 g/mol. The molecule has 0 aliphatic heterocycles. The smallest absolute Gasteiger partial charge is 0.248 e. The summed E-state index contributed by atoms with van der Waals surface area (Å²) < 4.78 is 0.891. The van der Waals surface area contributed by atoms with Crippen molar-refractivity contribution in [3.8, 4) is 0 Å². The molecule has 0 unspecified atom stereocenters. The highest BCUT2D eigenvalue weighted by atomic mass is 79.9. The summed E-state index contributed by atoms with van der Waals surface area (Å²) in [6, 6.07) is 14.1. The Morgan fingerprint density at radius 1 is 1.09 bits per heavy atom. The number of anilines is 1. The molecule has 0 fully saturated rings. The first-order chi connectivity index (χ1) is 10.8. The second-order valence-electron chi connectivity index (χ2n) is 6.68. The molecule has 0 radical (unpaired) electrons. The summed E-state index contributed by atoms with van der Waals surface area (Å²) in [5.74, 6) is -0.144. The Balaban J connectivity index is 2.07. The van der Waals surface area contributed by atoms with Crippen LogP contribution in [0.5, 0.6) is 0 Å². The number of carbonyl (C=O) groups excluding carboxylic acids is 1. The second kappa shape index (κ2) is 7.14. The molecule has 1 N–H and O–H groups in total. The maximum absolute atomic E-state index is 12.1. The van der Waals surface area contributed by atoms with Crippen LogP contribution in [-0.4, -0.2) is 5.91 Å². The van der Waals surface area contributed by atoms with Crippen molar-refractivity contribution in [1.82, 2.24) is 0 Å². The molecular formula is C20H22BrNO. The molecule has 23 heavy (non-hydrogen) atoms. The van der Waals surface area contributed by atoms with Gasteiger partial charge in [-0.25, -0.2) is 0 Å². The molecule has 120 valence electrons. The minimum Gasteiger partial charge on any atom is -0.321 e. The molecule has 1 amide bonds. The minimum absolute atomic E-state index is 0.0798. The first kappa shape index (κ1) is 17.5.